The van der Waals surface area contributed by atoms with Gasteiger partial charge in [-0.2, -0.15) is 9.40 Å². The van der Waals surface area contributed by atoms with Crippen LogP contribution in [0.1, 0.15) is 0 Å². The van der Waals surface area contributed by atoms with E-state index in [4.69, 9.17) is 0 Å². The second kappa shape index (κ2) is 7.20. The molecule has 9 nitrogen and oxygen atoms in total. The number of rotatable bonds is 4. The van der Waals surface area contributed by atoms with Crippen LogP contribution in [0.5, 0.6) is 0 Å². The second-order valence-electron chi connectivity index (χ2n) is 6.04. The van der Waals surface area contributed by atoms with Crippen molar-refractivity contribution in [1.82, 2.24) is 29.0 Å². The number of aromatic nitrogens is 5. The first kappa shape index (κ1) is 18.4. The van der Waals surface area contributed by atoms with Gasteiger partial charge in [0.2, 0.25) is 10.0 Å². The lowest BCUT2D eigenvalue weighted by molar-refractivity contribution is 0.383. The summed E-state index contributed by atoms with van der Waals surface area (Å²) in [5.74, 6) is -1.11. The first-order valence-electron chi connectivity index (χ1n) is 8.32. The highest BCUT2D eigenvalue weighted by Gasteiger charge is 2.29. The van der Waals surface area contributed by atoms with E-state index in [9.17, 15) is 17.2 Å². The summed E-state index contributed by atoms with van der Waals surface area (Å²) in [7, 11) is -3.91. The minimum absolute atomic E-state index is 0.185. The van der Waals surface area contributed by atoms with Gasteiger partial charge < -0.3 is 4.90 Å². The number of hydrogen-bond donors (Lipinski definition) is 0. The zero-order chi connectivity index (χ0) is 19.7. The van der Waals surface area contributed by atoms with Gasteiger partial charge in [-0.1, -0.05) is 0 Å². The maximum Gasteiger partial charge on any atom is 0.243 e. The molecule has 28 heavy (non-hydrogen) atoms. The fraction of sp³-hybridized carbons (Fsp3) is 0.250. The number of anilines is 1. The van der Waals surface area contributed by atoms with Gasteiger partial charge in [-0.05, 0) is 18.2 Å². The summed E-state index contributed by atoms with van der Waals surface area (Å²) < 4.78 is 54.6. The second-order valence-corrected chi connectivity index (χ2v) is 7.98. The van der Waals surface area contributed by atoms with Crippen LogP contribution >= 0.6 is 0 Å². The van der Waals surface area contributed by atoms with Crippen molar-refractivity contribution < 1.29 is 17.2 Å². The monoisotopic (exact) mass is 407 g/mol. The summed E-state index contributed by atoms with van der Waals surface area (Å²) in [5, 5.41) is 4.02. The van der Waals surface area contributed by atoms with E-state index in [1.54, 1.807) is 6.07 Å². The third-order valence-electron chi connectivity index (χ3n) is 4.38. The SMILES string of the molecule is O=S(=O)(c1ccc(F)c(F)c1)N1CCN(c2cc(-n3cncn3)ncn2)CC1. The summed E-state index contributed by atoms with van der Waals surface area (Å²) >= 11 is 0. The Morgan fingerprint density at radius 3 is 2.32 bits per heavy atom. The predicted molar refractivity (Wildman–Crippen MR) is 94.3 cm³/mol. The first-order valence-corrected chi connectivity index (χ1v) is 9.76. The van der Waals surface area contributed by atoms with Crippen molar-refractivity contribution in [3.63, 3.8) is 0 Å². The Kier molecular flexibility index (Phi) is 4.73. The molecule has 4 rings (SSSR count). The van der Waals surface area contributed by atoms with E-state index in [1.165, 1.54) is 28.0 Å². The molecule has 1 aliphatic heterocycles. The van der Waals surface area contributed by atoms with E-state index in [2.05, 4.69) is 20.1 Å². The van der Waals surface area contributed by atoms with E-state index in [0.717, 1.165) is 12.1 Å². The lowest BCUT2D eigenvalue weighted by Gasteiger charge is -2.34. The van der Waals surface area contributed by atoms with Gasteiger partial charge in [0, 0.05) is 32.2 Å². The van der Waals surface area contributed by atoms with Gasteiger partial charge in [0.05, 0.1) is 4.90 Å². The molecule has 1 fully saturated rings. The molecular weight excluding hydrogens is 392 g/mol. The number of sulfonamides is 1. The molecule has 0 aliphatic carbocycles. The van der Waals surface area contributed by atoms with Crippen molar-refractivity contribution >= 4 is 15.8 Å². The Hall–Kier alpha value is -2.99. The highest BCUT2D eigenvalue weighted by atomic mass is 32.2. The van der Waals surface area contributed by atoms with Gasteiger partial charge in [-0.25, -0.2) is 36.8 Å². The Morgan fingerprint density at radius 1 is 0.893 bits per heavy atom. The fourth-order valence-electron chi connectivity index (χ4n) is 2.91. The van der Waals surface area contributed by atoms with Crippen LogP contribution in [-0.2, 0) is 10.0 Å². The number of halogens is 2. The number of hydrogen-bond acceptors (Lipinski definition) is 7. The third-order valence-corrected chi connectivity index (χ3v) is 6.28. The summed E-state index contributed by atoms with van der Waals surface area (Å²) in [4.78, 5) is 13.9. The van der Waals surface area contributed by atoms with E-state index in [-0.39, 0.29) is 18.0 Å². The maximum absolute atomic E-state index is 13.4. The van der Waals surface area contributed by atoms with Gasteiger partial charge in [0.1, 0.15) is 24.8 Å². The van der Waals surface area contributed by atoms with Crippen molar-refractivity contribution in [1.29, 1.82) is 0 Å². The number of benzene rings is 1. The Balaban J connectivity index is 1.49. The zero-order valence-electron chi connectivity index (χ0n) is 14.5. The van der Waals surface area contributed by atoms with Crippen molar-refractivity contribution in [2.45, 2.75) is 4.90 Å². The summed E-state index contributed by atoms with van der Waals surface area (Å²) in [6.07, 6.45) is 4.30. The van der Waals surface area contributed by atoms with Crippen molar-refractivity contribution in [3.8, 4) is 5.82 Å². The predicted octanol–water partition coefficient (Wildman–Crippen LogP) is 0.846. The molecule has 0 N–H and O–H groups in total. The van der Waals surface area contributed by atoms with Gasteiger partial charge in [0.25, 0.3) is 0 Å². The molecule has 146 valence electrons. The van der Waals surface area contributed by atoms with E-state index in [1.807, 2.05) is 4.90 Å². The molecule has 3 heterocycles. The molecule has 0 spiro atoms. The molecule has 3 aromatic rings. The van der Waals surface area contributed by atoms with Crippen LogP contribution in [0.15, 0.2) is 48.1 Å². The molecule has 0 atom stereocenters. The van der Waals surface area contributed by atoms with Gasteiger partial charge >= 0.3 is 0 Å². The minimum atomic E-state index is -3.91. The molecule has 12 heteroatoms. The van der Waals surface area contributed by atoms with E-state index < -0.39 is 21.7 Å². The number of nitrogens with zero attached hydrogens (tertiary/aromatic N) is 7. The lowest BCUT2D eigenvalue weighted by atomic mass is 10.3. The number of piperazine rings is 1. The topological polar surface area (TPSA) is 97.1 Å². The molecule has 1 aromatic carbocycles. The Bertz CT molecular complexity index is 1080. The van der Waals surface area contributed by atoms with Gasteiger partial charge in [-0.3, -0.25) is 0 Å². The van der Waals surface area contributed by atoms with E-state index >= 15 is 0 Å². The first-order chi connectivity index (χ1) is 13.4. The van der Waals surface area contributed by atoms with Gasteiger partial charge in [0.15, 0.2) is 17.5 Å². The molecule has 1 saturated heterocycles. The van der Waals surface area contributed by atoms with Crippen LogP contribution in [0.3, 0.4) is 0 Å². The molecule has 0 radical (unpaired) electrons. The smallest absolute Gasteiger partial charge is 0.243 e. The van der Waals surface area contributed by atoms with Crippen LogP contribution in [-0.4, -0.2) is 63.6 Å². The summed E-state index contributed by atoms with van der Waals surface area (Å²) in [5.41, 5.74) is 0. The van der Waals surface area contributed by atoms with Crippen LogP contribution in [0.2, 0.25) is 0 Å². The molecule has 0 saturated carbocycles. The van der Waals surface area contributed by atoms with Crippen LogP contribution in [0.25, 0.3) is 5.82 Å². The van der Waals surface area contributed by atoms with Crippen molar-refractivity contribution in [2.24, 2.45) is 0 Å². The summed E-state index contributed by atoms with van der Waals surface area (Å²) in [6.45, 7) is 1.14. The molecule has 2 aromatic heterocycles. The fourth-order valence-corrected chi connectivity index (χ4v) is 4.34. The largest absolute Gasteiger partial charge is 0.354 e. The molecule has 0 amide bonds. The molecule has 0 unspecified atom stereocenters. The maximum atomic E-state index is 13.4. The lowest BCUT2D eigenvalue weighted by Crippen LogP contribution is -2.49. The Morgan fingerprint density at radius 2 is 1.64 bits per heavy atom. The van der Waals surface area contributed by atoms with E-state index in [0.29, 0.717) is 30.8 Å². The van der Waals surface area contributed by atoms with Crippen molar-refractivity contribution in [3.05, 3.63) is 54.9 Å². The minimum Gasteiger partial charge on any atom is -0.354 e. The molecule has 1 aliphatic rings. The van der Waals surface area contributed by atoms with Crippen molar-refractivity contribution in [2.75, 3.05) is 31.1 Å². The highest BCUT2D eigenvalue weighted by molar-refractivity contribution is 7.89. The third kappa shape index (κ3) is 3.43. The molecular formula is C16H15F2N7O2S. The normalized spacial score (nSPS) is 15.7. The van der Waals surface area contributed by atoms with Crippen LogP contribution in [0, 0.1) is 11.6 Å². The molecule has 0 bridgehead atoms. The summed E-state index contributed by atoms with van der Waals surface area (Å²) in [6, 6.07) is 4.31. The van der Waals surface area contributed by atoms with Crippen LogP contribution < -0.4 is 4.90 Å². The van der Waals surface area contributed by atoms with Crippen LogP contribution in [0.4, 0.5) is 14.6 Å². The zero-order valence-corrected chi connectivity index (χ0v) is 15.3. The average molecular weight is 407 g/mol. The van der Waals surface area contributed by atoms with Gasteiger partial charge in [-0.15, -0.1) is 0 Å². The highest BCUT2D eigenvalue weighted by Crippen LogP contribution is 2.22. The standard InChI is InChI=1S/C16H15F2N7O2S/c17-13-2-1-12(7-14(13)18)28(26,27)24-5-3-23(4-6-24)15-8-16(21-10-20-15)25-11-19-9-22-25/h1-2,7-11H,3-6H2. The average Bonchev–Trinajstić information content (AvgIpc) is 3.25. The Labute approximate surface area is 159 Å². The quantitative estimate of drug-likeness (QED) is 0.632.